The van der Waals surface area contributed by atoms with Crippen molar-refractivity contribution in [3.05, 3.63) is 12.2 Å². The zero-order chi connectivity index (χ0) is 8.74. The highest BCUT2D eigenvalue weighted by Crippen LogP contribution is 2.12. The second-order valence-corrected chi connectivity index (χ2v) is 3.36. The van der Waals surface area contributed by atoms with Gasteiger partial charge in [0.15, 0.2) is 0 Å². The molecular formula is C9H17ClO. The van der Waals surface area contributed by atoms with Crippen LogP contribution in [0, 0.1) is 0 Å². The van der Waals surface area contributed by atoms with Gasteiger partial charge in [0.25, 0.3) is 0 Å². The zero-order valence-corrected chi connectivity index (χ0v) is 8.32. The van der Waals surface area contributed by atoms with Gasteiger partial charge < -0.3 is 4.74 Å². The molecule has 0 N–H and O–H groups in total. The molecule has 0 aliphatic rings. The van der Waals surface area contributed by atoms with Crippen molar-refractivity contribution in [1.82, 2.24) is 0 Å². The van der Waals surface area contributed by atoms with E-state index in [1.54, 1.807) is 0 Å². The Labute approximate surface area is 74.4 Å². The maximum atomic E-state index is 5.54. The molecule has 0 atom stereocenters. The molecule has 0 aromatic carbocycles. The largest absolute Gasteiger partial charge is 0.372 e. The summed E-state index contributed by atoms with van der Waals surface area (Å²) >= 11 is 5.44. The van der Waals surface area contributed by atoms with Gasteiger partial charge in [0, 0.05) is 5.88 Å². The van der Waals surface area contributed by atoms with Gasteiger partial charge in [-0.3, -0.25) is 0 Å². The third-order valence-electron chi connectivity index (χ3n) is 1.68. The molecule has 0 saturated heterocycles. The van der Waals surface area contributed by atoms with Crippen molar-refractivity contribution in [3.8, 4) is 0 Å². The van der Waals surface area contributed by atoms with Gasteiger partial charge in [-0.25, -0.2) is 0 Å². The first-order chi connectivity index (χ1) is 5.12. The molecule has 0 aliphatic heterocycles. The Morgan fingerprint density at radius 1 is 1.36 bits per heavy atom. The number of halogens is 1. The smallest absolute Gasteiger partial charge is 0.0655 e. The van der Waals surface area contributed by atoms with E-state index < -0.39 is 0 Å². The normalized spacial score (nSPS) is 12.7. The van der Waals surface area contributed by atoms with E-state index in [0.717, 1.165) is 6.42 Å². The van der Waals surface area contributed by atoms with Gasteiger partial charge in [-0.2, -0.15) is 0 Å². The van der Waals surface area contributed by atoms with Crippen molar-refractivity contribution in [3.63, 3.8) is 0 Å². The zero-order valence-electron chi connectivity index (χ0n) is 7.56. The summed E-state index contributed by atoms with van der Waals surface area (Å²) in [7, 11) is 0. The van der Waals surface area contributed by atoms with Crippen molar-refractivity contribution in [2.75, 3.05) is 12.5 Å². The lowest BCUT2D eigenvalue weighted by Crippen LogP contribution is -2.22. The summed E-state index contributed by atoms with van der Waals surface area (Å²) in [5.41, 5.74) is -0.00332. The van der Waals surface area contributed by atoms with E-state index in [-0.39, 0.29) is 5.60 Å². The van der Waals surface area contributed by atoms with Crippen LogP contribution >= 0.6 is 11.6 Å². The predicted octanol–water partition coefficient (Wildman–Crippen LogP) is 2.99. The molecule has 0 bridgehead atoms. The lowest BCUT2D eigenvalue weighted by atomic mass is 10.1. The molecule has 0 heterocycles. The predicted molar refractivity (Wildman–Crippen MR) is 50.2 cm³/mol. The third-order valence-corrected chi connectivity index (χ3v) is 1.86. The minimum absolute atomic E-state index is 0.00332. The second-order valence-electron chi connectivity index (χ2n) is 3.05. The molecule has 0 aliphatic carbocycles. The van der Waals surface area contributed by atoms with Crippen molar-refractivity contribution in [1.29, 1.82) is 0 Å². The Balaban J connectivity index is 3.45. The first-order valence-corrected chi connectivity index (χ1v) is 4.51. The number of hydrogen-bond acceptors (Lipinski definition) is 1. The van der Waals surface area contributed by atoms with Crippen molar-refractivity contribution in [2.24, 2.45) is 0 Å². The molecule has 0 amide bonds. The molecule has 0 unspecified atom stereocenters. The van der Waals surface area contributed by atoms with Crippen LogP contribution in [0.2, 0.25) is 0 Å². The van der Waals surface area contributed by atoms with Crippen LogP contribution in [0.1, 0.15) is 27.2 Å². The Bertz CT molecular complexity index is 119. The van der Waals surface area contributed by atoms with Gasteiger partial charge in [0.05, 0.1) is 12.2 Å². The van der Waals surface area contributed by atoms with E-state index in [2.05, 4.69) is 20.8 Å². The molecule has 2 heteroatoms. The maximum Gasteiger partial charge on any atom is 0.0655 e. The summed E-state index contributed by atoms with van der Waals surface area (Å²) in [6.07, 6.45) is 4.87. The number of alkyl halides is 1. The second kappa shape index (κ2) is 5.62. The molecule has 0 rings (SSSR count). The Morgan fingerprint density at radius 3 is 2.45 bits per heavy atom. The van der Waals surface area contributed by atoms with Crippen LogP contribution in [0.4, 0.5) is 0 Å². The van der Waals surface area contributed by atoms with Gasteiger partial charge >= 0.3 is 0 Å². The molecule has 0 aromatic rings. The van der Waals surface area contributed by atoms with Crippen LogP contribution in [-0.2, 0) is 4.74 Å². The van der Waals surface area contributed by atoms with Crippen LogP contribution in [0.5, 0.6) is 0 Å². The van der Waals surface area contributed by atoms with E-state index >= 15 is 0 Å². The molecule has 11 heavy (non-hydrogen) atoms. The lowest BCUT2D eigenvalue weighted by Gasteiger charge is -2.22. The molecule has 0 saturated carbocycles. The van der Waals surface area contributed by atoms with Gasteiger partial charge in [-0.15, -0.1) is 11.6 Å². The minimum atomic E-state index is -0.00332. The van der Waals surface area contributed by atoms with Gasteiger partial charge in [0.1, 0.15) is 0 Å². The lowest BCUT2D eigenvalue weighted by molar-refractivity contribution is -0.00349. The van der Waals surface area contributed by atoms with E-state index in [1.807, 2.05) is 12.2 Å². The van der Waals surface area contributed by atoms with Gasteiger partial charge in [0.2, 0.25) is 0 Å². The fraction of sp³-hybridized carbons (Fsp3) is 0.778. The van der Waals surface area contributed by atoms with E-state index in [4.69, 9.17) is 16.3 Å². The summed E-state index contributed by atoms with van der Waals surface area (Å²) in [5.74, 6) is 0.565. The van der Waals surface area contributed by atoms with Crippen molar-refractivity contribution in [2.45, 2.75) is 32.8 Å². The number of allylic oxidation sites excluding steroid dienone is 1. The van der Waals surface area contributed by atoms with Crippen molar-refractivity contribution >= 4 is 11.6 Å². The monoisotopic (exact) mass is 176 g/mol. The average Bonchev–Trinajstić information content (AvgIpc) is 1.99. The summed E-state index contributed by atoms with van der Waals surface area (Å²) in [6, 6.07) is 0. The van der Waals surface area contributed by atoms with E-state index in [9.17, 15) is 0 Å². The molecule has 0 radical (unpaired) electrons. The SMILES string of the molecule is CCC(C)(C)OCC=CCCl. The number of rotatable bonds is 5. The maximum absolute atomic E-state index is 5.54. The average molecular weight is 177 g/mol. The number of hydrogen-bond donors (Lipinski definition) is 0. The Kier molecular flexibility index (Phi) is 5.61. The van der Waals surface area contributed by atoms with Crippen LogP contribution < -0.4 is 0 Å². The quantitative estimate of drug-likeness (QED) is 0.462. The first kappa shape index (κ1) is 11.0. The Morgan fingerprint density at radius 2 is 2.00 bits per heavy atom. The van der Waals surface area contributed by atoms with E-state index in [1.165, 1.54) is 0 Å². The van der Waals surface area contributed by atoms with Gasteiger partial charge in [-0.1, -0.05) is 19.1 Å². The minimum Gasteiger partial charge on any atom is -0.372 e. The Hall–Kier alpha value is -0.0100. The van der Waals surface area contributed by atoms with Crippen LogP contribution in [0.3, 0.4) is 0 Å². The third kappa shape index (κ3) is 6.39. The van der Waals surface area contributed by atoms with Crippen LogP contribution in [-0.4, -0.2) is 18.1 Å². The molecular weight excluding hydrogens is 160 g/mol. The van der Waals surface area contributed by atoms with Crippen LogP contribution in [0.25, 0.3) is 0 Å². The molecule has 66 valence electrons. The fourth-order valence-corrected chi connectivity index (χ4v) is 0.633. The summed E-state index contributed by atoms with van der Waals surface area (Å²) < 4.78 is 5.54. The highest BCUT2D eigenvalue weighted by molar-refractivity contribution is 6.18. The highest BCUT2D eigenvalue weighted by atomic mass is 35.5. The van der Waals surface area contributed by atoms with Crippen LogP contribution in [0.15, 0.2) is 12.2 Å². The first-order valence-electron chi connectivity index (χ1n) is 3.97. The van der Waals surface area contributed by atoms with Crippen molar-refractivity contribution < 1.29 is 4.74 Å². The fourth-order valence-electron chi connectivity index (χ4n) is 0.507. The summed E-state index contributed by atoms with van der Waals surface area (Å²) in [5, 5.41) is 0. The number of ether oxygens (including phenoxy) is 1. The summed E-state index contributed by atoms with van der Waals surface area (Å²) in [4.78, 5) is 0. The summed E-state index contributed by atoms with van der Waals surface area (Å²) in [6.45, 7) is 6.95. The standard InChI is InChI=1S/C9H17ClO/c1-4-9(2,3)11-8-6-5-7-10/h5-6H,4,7-8H2,1-3H3. The van der Waals surface area contributed by atoms with Gasteiger partial charge in [-0.05, 0) is 20.3 Å². The molecule has 0 spiro atoms. The molecule has 0 fully saturated rings. The van der Waals surface area contributed by atoms with E-state index in [0.29, 0.717) is 12.5 Å². The highest BCUT2D eigenvalue weighted by Gasteiger charge is 2.13. The topological polar surface area (TPSA) is 9.23 Å². The molecule has 1 nitrogen and oxygen atoms in total. The molecule has 0 aromatic heterocycles.